The number of ether oxygens (including phenoxy) is 1. The Labute approximate surface area is 190 Å². The third-order valence-corrected chi connectivity index (χ3v) is 5.74. The Balaban J connectivity index is 2.22. The van der Waals surface area contributed by atoms with Crippen LogP contribution in [-0.2, 0) is 16.1 Å². The molecule has 0 aliphatic carbocycles. The Hall–Kier alpha value is -2.53. The lowest BCUT2D eigenvalue weighted by atomic mass is 10.1. The monoisotopic (exact) mass is 444 g/mol. The molecular weight excluding hydrogens is 412 g/mol. The molecule has 1 N–H and O–H groups in total. The maximum atomic E-state index is 13.2. The van der Waals surface area contributed by atoms with Gasteiger partial charge in [0.05, 0.1) is 0 Å². The highest BCUT2D eigenvalue weighted by Gasteiger charge is 2.29. The molecule has 0 aliphatic heterocycles. The first kappa shape index (κ1) is 24.7. The molecule has 0 saturated heterocycles. The molecule has 5 nitrogen and oxygen atoms in total. The van der Waals surface area contributed by atoms with E-state index in [9.17, 15) is 9.59 Å². The number of hydrogen-bond acceptors (Lipinski definition) is 3. The van der Waals surface area contributed by atoms with Crippen molar-refractivity contribution in [1.29, 1.82) is 0 Å². The SMILES string of the molecule is CC[C@@H](C)NC(=O)[C@@H](CC)N(Cc1cccc(C)c1)C(=O)COc1ccc(Cl)c(C)c1. The molecule has 0 heterocycles. The lowest BCUT2D eigenvalue weighted by molar-refractivity contribution is -0.143. The molecule has 0 radical (unpaired) electrons. The molecule has 0 aliphatic rings. The van der Waals surface area contributed by atoms with E-state index in [-0.39, 0.29) is 24.5 Å². The summed E-state index contributed by atoms with van der Waals surface area (Å²) in [5.74, 6) is 0.198. The van der Waals surface area contributed by atoms with Gasteiger partial charge in [-0.25, -0.2) is 0 Å². The van der Waals surface area contributed by atoms with Crippen LogP contribution in [0, 0.1) is 13.8 Å². The van der Waals surface area contributed by atoms with E-state index in [0.29, 0.717) is 23.7 Å². The largest absolute Gasteiger partial charge is 0.484 e. The van der Waals surface area contributed by atoms with Gasteiger partial charge in [-0.3, -0.25) is 9.59 Å². The van der Waals surface area contributed by atoms with Crippen LogP contribution in [0.25, 0.3) is 0 Å². The van der Waals surface area contributed by atoms with Gasteiger partial charge in [0.2, 0.25) is 5.91 Å². The van der Waals surface area contributed by atoms with Crippen LogP contribution in [0.3, 0.4) is 0 Å². The Bertz CT molecular complexity index is 900. The Morgan fingerprint density at radius 2 is 1.84 bits per heavy atom. The summed E-state index contributed by atoms with van der Waals surface area (Å²) in [6.45, 7) is 9.98. The number of amides is 2. The number of benzene rings is 2. The Morgan fingerprint density at radius 1 is 1.10 bits per heavy atom. The molecule has 0 aromatic heterocycles. The minimum Gasteiger partial charge on any atom is -0.484 e. The maximum Gasteiger partial charge on any atom is 0.261 e. The highest BCUT2D eigenvalue weighted by atomic mass is 35.5. The number of nitrogens with one attached hydrogen (secondary N) is 1. The highest BCUT2D eigenvalue weighted by Crippen LogP contribution is 2.21. The quantitative estimate of drug-likeness (QED) is 0.557. The molecule has 31 heavy (non-hydrogen) atoms. The first-order valence-electron chi connectivity index (χ1n) is 10.8. The van der Waals surface area contributed by atoms with Crippen LogP contribution in [0.2, 0.25) is 5.02 Å². The summed E-state index contributed by atoms with van der Waals surface area (Å²) in [5, 5.41) is 3.66. The van der Waals surface area contributed by atoms with E-state index in [1.54, 1.807) is 23.1 Å². The van der Waals surface area contributed by atoms with Gasteiger partial charge in [-0.15, -0.1) is 0 Å². The van der Waals surface area contributed by atoms with Crippen molar-refractivity contribution in [1.82, 2.24) is 10.2 Å². The smallest absolute Gasteiger partial charge is 0.261 e. The van der Waals surface area contributed by atoms with Crippen molar-refractivity contribution in [2.75, 3.05) is 6.61 Å². The van der Waals surface area contributed by atoms with Crippen molar-refractivity contribution < 1.29 is 14.3 Å². The Morgan fingerprint density at radius 3 is 2.45 bits per heavy atom. The molecule has 0 spiro atoms. The van der Waals surface area contributed by atoms with Crippen molar-refractivity contribution in [2.45, 2.75) is 66.1 Å². The average Bonchev–Trinajstić information content (AvgIpc) is 2.74. The van der Waals surface area contributed by atoms with Crippen LogP contribution >= 0.6 is 11.6 Å². The zero-order valence-corrected chi connectivity index (χ0v) is 19.8. The maximum absolute atomic E-state index is 13.2. The summed E-state index contributed by atoms with van der Waals surface area (Å²) in [5.41, 5.74) is 2.96. The molecule has 2 aromatic rings. The van der Waals surface area contributed by atoms with E-state index in [1.807, 2.05) is 58.9 Å². The van der Waals surface area contributed by atoms with Gasteiger partial charge in [-0.1, -0.05) is 55.3 Å². The van der Waals surface area contributed by atoms with Crippen LogP contribution in [0.4, 0.5) is 0 Å². The van der Waals surface area contributed by atoms with E-state index in [4.69, 9.17) is 16.3 Å². The van der Waals surface area contributed by atoms with Gasteiger partial charge in [0.15, 0.2) is 6.61 Å². The number of carbonyl (C=O) groups excluding carboxylic acids is 2. The summed E-state index contributed by atoms with van der Waals surface area (Å²) in [6, 6.07) is 12.7. The molecule has 6 heteroatoms. The number of rotatable bonds is 10. The first-order chi connectivity index (χ1) is 14.7. The second-order valence-electron chi connectivity index (χ2n) is 7.95. The van der Waals surface area contributed by atoms with Gasteiger partial charge in [-0.05, 0) is 62.9 Å². The molecular formula is C25H33ClN2O3. The summed E-state index contributed by atoms with van der Waals surface area (Å²) >= 11 is 6.07. The fourth-order valence-electron chi connectivity index (χ4n) is 3.30. The molecule has 2 rings (SSSR count). The van der Waals surface area contributed by atoms with Gasteiger partial charge in [0, 0.05) is 17.6 Å². The number of aryl methyl sites for hydroxylation is 2. The van der Waals surface area contributed by atoms with E-state index >= 15 is 0 Å². The fourth-order valence-corrected chi connectivity index (χ4v) is 3.42. The average molecular weight is 445 g/mol. The minimum atomic E-state index is -0.572. The third-order valence-electron chi connectivity index (χ3n) is 5.31. The van der Waals surface area contributed by atoms with Crippen molar-refractivity contribution in [3.8, 4) is 5.75 Å². The summed E-state index contributed by atoms with van der Waals surface area (Å²) in [7, 11) is 0. The zero-order chi connectivity index (χ0) is 23.0. The highest BCUT2D eigenvalue weighted by molar-refractivity contribution is 6.31. The van der Waals surface area contributed by atoms with Gasteiger partial charge in [0.1, 0.15) is 11.8 Å². The summed E-state index contributed by atoms with van der Waals surface area (Å²) in [4.78, 5) is 27.8. The zero-order valence-electron chi connectivity index (χ0n) is 19.1. The van der Waals surface area contributed by atoms with Crippen LogP contribution in [0.5, 0.6) is 5.75 Å². The molecule has 2 atom stereocenters. The standard InChI is InChI=1S/C25H33ClN2O3/c1-6-19(5)27-25(30)23(7-2)28(15-20-10-8-9-17(3)13-20)24(29)16-31-21-11-12-22(26)18(4)14-21/h8-14,19,23H,6-7,15-16H2,1-5H3,(H,27,30)/t19-,23-/m1/s1. The lowest BCUT2D eigenvalue weighted by Crippen LogP contribution is -2.51. The van der Waals surface area contributed by atoms with E-state index in [0.717, 1.165) is 23.1 Å². The number of carbonyl (C=O) groups is 2. The van der Waals surface area contributed by atoms with E-state index in [1.165, 1.54) is 0 Å². The van der Waals surface area contributed by atoms with Gasteiger partial charge in [0.25, 0.3) is 5.91 Å². The Kier molecular flexibility index (Phi) is 9.38. The van der Waals surface area contributed by atoms with Crippen LogP contribution < -0.4 is 10.1 Å². The van der Waals surface area contributed by atoms with Crippen molar-refractivity contribution in [2.24, 2.45) is 0 Å². The van der Waals surface area contributed by atoms with Crippen LogP contribution in [-0.4, -0.2) is 35.4 Å². The predicted octanol–water partition coefficient (Wildman–Crippen LogP) is 5.06. The number of hydrogen-bond donors (Lipinski definition) is 1. The molecule has 0 fully saturated rings. The van der Waals surface area contributed by atoms with Gasteiger partial charge in [-0.2, -0.15) is 0 Å². The normalized spacial score (nSPS) is 12.7. The van der Waals surface area contributed by atoms with Crippen molar-refractivity contribution >= 4 is 23.4 Å². The van der Waals surface area contributed by atoms with Crippen molar-refractivity contribution in [3.63, 3.8) is 0 Å². The number of nitrogens with zero attached hydrogens (tertiary/aromatic N) is 1. The molecule has 168 valence electrons. The summed E-state index contributed by atoms with van der Waals surface area (Å²) < 4.78 is 5.74. The second-order valence-corrected chi connectivity index (χ2v) is 8.36. The fraction of sp³-hybridized carbons (Fsp3) is 0.440. The minimum absolute atomic E-state index is 0.0470. The predicted molar refractivity (Wildman–Crippen MR) is 125 cm³/mol. The lowest BCUT2D eigenvalue weighted by Gasteiger charge is -2.31. The van der Waals surface area contributed by atoms with E-state index in [2.05, 4.69) is 5.32 Å². The topological polar surface area (TPSA) is 58.6 Å². The first-order valence-corrected chi connectivity index (χ1v) is 11.2. The second kappa shape index (κ2) is 11.8. The van der Waals surface area contributed by atoms with Crippen LogP contribution in [0.1, 0.15) is 50.3 Å². The van der Waals surface area contributed by atoms with Gasteiger partial charge < -0.3 is 15.0 Å². The summed E-state index contributed by atoms with van der Waals surface area (Å²) in [6.07, 6.45) is 1.34. The number of halogens is 1. The van der Waals surface area contributed by atoms with E-state index < -0.39 is 6.04 Å². The third kappa shape index (κ3) is 7.28. The molecule has 2 aromatic carbocycles. The van der Waals surface area contributed by atoms with Gasteiger partial charge >= 0.3 is 0 Å². The molecule has 0 unspecified atom stereocenters. The van der Waals surface area contributed by atoms with Crippen molar-refractivity contribution in [3.05, 3.63) is 64.2 Å². The van der Waals surface area contributed by atoms with Crippen LogP contribution in [0.15, 0.2) is 42.5 Å². The molecule has 0 bridgehead atoms. The molecule has 0 saturated carbocycles. The molecule has 2 amide bonds.